The number of hydrogen-bond acceptors (Lipinski definition) is 3. The number of hydrogen-bond donors (Lipinski definition) is 1. The average Bonchev–Trinajstić information content (AvgIpc) is 2.90. The number of nitrogens with zero attached hydrogens (tertiary/aromatic N) is 1. The van der Waals surface area contributed by atoms with Crippen LogP contribution in [0.5, 0.6) is 0 Å². The lowest BCUT2D eigenvalue weighted by atomic mass is 9.87. The molecule has 0 bridgehead atoms. The maximum atomic E-state index is 12.2. The minimum atomic E-state index is -0.157. The molecule has 0 aromatic rings. The van der Waals surface area contributed by atoms with Gasteiger partial charge < -0.3 is 9.64 Å². The van der Waals surface area contributed by atoms with E-state index < -0.39 is 0 Å². The van der Waals surface area contributed by atoms with Crippen molar-refractivity contribution in [2.75, 3.05) is 6.61 Å². The lowest BCUT2D eigenvalue weighted by molar-refractivity contribution is -0.138. The molecule has 1 aliphatic heterocycles. The number of carbonyl (C=O) groups excluding carboxylic acids is 1. The van der Waals surface area contributed by atoms with Gasteiger partial charge in [0.15, 0.2) is 0 Å². The fourth-order valence-electron chi connectivity index (χ4n) is 3.06. The van der Waals surface area contributed by atoms with Gasteiger partial charge in [0.2, 0.25) is 5.91 Å². The zero-order valence-electron chi connectivity index (χ0n) is 10.0. The van der Waals surface area contributed by atoms with Crippen molar-refractivity contribution in [3.63, 3.8) is 0 Å². The molecule has 0 aromatic carbocycles. The standard InChI is InChI=1S/C12H20N2O2/c1-3-16-10-6-9(7-10)14-8(2)13-12(4-5-12)11(14)15/h8-10,13H,3-7H2,1-2H3. The Morgan fingerprint density at radius 3 is 2.69 bits per heavy atom. The Bertz CT molecular complexity index is 308. The van der Waals surface area contributed by atoms with E-state index in [1.54, 1.807) is 0 Å². The van der Waals surface area contributed by atoms with Crippen molar-refractivity contribution in [3.8, 4) is 0 Å². The molecule has 3 rings (SSSR count). The van der Waals surface area contributed by atoms with Crippen molar-refractivity contribution in [2.45, 2.75) is 63.4 Å². The van der Waals surface area contributed by atoms with E-state index in [1.165, 1.54) is 0 Å². The molecule has 3 aliphatic rings. The van der Waals surface area contributed by atoms with E-state index in [0.29, 0.717) is 18.1 Å². The highest BCUT2D eigenvalue weighted by atomic mass is 16.5. The van der Waals surface area contributed by atoms with E-state index >= 15 is 0 Å². The number of nitrogens with one attached hydrogen (secondary N) is 1. The molecule has 0 radical (unpaired) electrons. The first-order valence-corrected chi connectivity index (χ1v) is 6.38. The summed E-state index contributed by atoms with van der Waals surface area (Å²) in [5, 5.41) is 3.44. The molecular formula is C12H20N2O2. The summed E-state index contributed by atoms with van der Waals surface area (Å²) in [5.41, 5.74) is -0.157. The van der Waals surface area contributed by atoms with Gasteiger partial charge in [0.1, 0.15) is 0 Å². The molecule has 1 heterocycles. The highest BCUT2D eigenvalue weighted by molar-refractivity contribution is 5.92. The van der Waals surface area contributed by atoms with Crippen LogP contribution in [0, 0.1) is 0 Å². The normalized spacial score (nSPS) is 40.2. The Labute approximate surface area is 96.3 Å². The molecule has 1 atom stereocenters. The molecule has 4 heteroatoms. The first kappa shape index (κ1) is 10.5. The molecule has 90 valence electrons. The van der Waals surface area contributed by atoms with Crippen LogP contribution in [-0.2, 0) is 9.53 Å². The third kappa shape index (κ3) is 1.39. The van der Waals surface area contributed by atoms with Crippen molar-refractivity contribution in [3.05, 3.63) is 0 Å². The largest absolute Gasteiger partial charge is 0.378 e. The zero-order chi connectivity index (χ0) is 11.3. The van der Waals surface area contributed by atoms with Crippen LogP contribution in [-0.4, -0.2) is 41.3 Å². The van der Waals surface area contributed by atoms with Crippen LogP contribution in [0.3, 0.4) is 0 Å². The van der Waals surface area contributed by atoms with Gasteiger partial charge in [-0.25, -0.2) is 0 Å². The van der Waals surface area contributed by atoms with Crippen molar-refractivity contribution in [1.29, 1.82) is 0 Å². The van der Waals surface area contributed by atoms with E-state index in [-0.39, 0.29) is 11.7 Å². The summed E-state index contributed by atoms with van der Waals surface area (Å²) >= 11 is 0. The van der Waals surface area contributed by atoms with Gasteiger partial charge in [0.05, 0.1) is 17.8 Å². The molecule has 16 heavy (non-hydrogen) atoms. The summed E-state index contributed by atoms with van der Waals surface area (Å²) in [6, 6.07) is 0.409. The molecule has 4 nitrogen and oxygen atoms in total. The maximum absolute atomic E-state index is 12.2. The topological polar surface area (TPSA) is 41.6 Å². The molecule has 1 saturated heterocycles. The van der Waals surface area contributed by atoms with Gasteiger partial charge in [-0.15, -0.1) is 0 Å². The smallest absolute Gasteiger partial charge is 0.244 e. The summed E-state index contributed by atoms with van der Waals surface area (Å²) < 4.78 is 5.55. The second-order valence-corrected chi connectivity index (χ2v) is 5.32. The summed E-state index contributed by atoms with van der Waals surface area (Å²) in [6.07, 6.45) is 4.67. The summed E-state index contributed by atoms with van der Waals surface area (Å²) in [6.45, 7) is 4.90. The lowest BCUT2D eigenvalue weighted by Crippen LogP contribution is -2.52. The zero-order valence-corrected chi connectivity index (χ0v) is 10.0. The molecule has 3 fully saturated rings. The number of carbonyl (C=O) groups is 1. The molecule has 1 N–H and O–H groups in total. The molecule has 1 amide bonds. The fraction of sp³-hybridized carbons (Fsp3) is 0.917. The fourth-order valence-corrected chi connectivity index (χ4v) is 3.06. The maximum Gasteiger partial charge on any atom is 0.244 e. The van der Waals surface area contributed by atoms with Crippen LogP contribution in [0.25, 0.3) is 0 Å². The number of rotatable bonds is 3. The molecular weight excluding hydrogens is 204 g/mol. The van der Waals surface area contributed by atoms with Gasteiger partial charge in [0, 0.05) is 12.6 Å². The molecule has 0 aromatic heterocycles. The summed E-state index contributed by atoms with van der Waals surface area (Å²) in [5.74, 6) is 0.333. The Morgan fingerprint density at radius 2 is 2.19 bits per heavy atom. The second-order valence-electron chi connectivity index (χ2n) is 5.32. The second kappa shape index (κ2) is 3.44. The van der Waals surface area contributed by atoms with Crippen LogP contribution in [0.1, 0.15) is 39.5 Å². The number of ether oxygens (including phenoxy) is 1. The lowest BCUT2D eigenvalue weighted by Gasteiger charge is -2.42. The molecule has 2 aliphatic carbocycles. The van der Waals surface area contributed by atoms with Gasteiger partial charge in [-0.3, -0.25) is 10.1 Å². The van der Waals surface area contributed by atoms with Crippen LogP contribution < -0.4 is 5.32 Å². The van der Waals surface area contributed by atoms with Crippen molar-refractivity contribution in [2.24, 2.45) is 0 Å². The van der Waals surface area contributed by atoms with E-state index in [4.69, 9.17) is 4.74 Å². The van der Waals surface area contributed by atoms with E-state index in [9.17, 15) is 4.79 Å². The molecule has 2 saturated carbocycles. The highest BCUT2D eigenvalue weighted by Crippen LogP contribution is 2.44. The summed E-state index contributed by atoms with van der Waals surface area (Å²) in [4.78, 5) is 14.3. The van der Waals surface area contributed by atoms with Crippen LogP contribution in [0.4, 0.5) is 0 Å². The van der Waals surface area contributed by atoms with E-state index in [0.717, 1.165) is 32.3 Å². The van der Waals surface area contributed by atoms with Crippen molar-refractivity contribution < 1.29 is 9.53 Å². The van der Waals surface area contributed by atoms with Gasteiger partial charge in [-0.1, -0.05) is 0 Å². The van der Waals surface area contributed by atoms with Gasteiger partial charge in [0.25, 0.3) is 0 Å². The van der Waals surface area contributed by atoms with E-state index in [2.05, 4.69) is 17.1 Å². The first-order valence-electron chi connectivity index (χ1n) is 6.38. The van der Waals surface area contributed by atoms with Crippen molar-refractivity contribution >= 4 is 5.91 Å². The Kier molecular flexibility index (Phi) is 2.27. The third-order valence-corrected chi connectivity index (χ3v) is 4.16. The predicted octanol–water partition coefficient (Wildman–Crippen LogP) is 0.864. The highest BCUT2D eigenvalue weighted by Gasteiger charge is 2.60. The van der Waals surface area contributed by atoms with E-state index in [1.807, 2.05) is 6.92 Å². The monoisotopic (exact) mass is 224 g/mol. The molecule has 1 unspecified atom stereocenters. The molecule has 1 spiro atoms. The van der Waals surface area contributed by atoms with Gasteiger partial charge in [-0.05, 0) is 39.5 Å². The average molecular weight is 224 g/mol. The number of amides is 1. The van der Waals surface area contributed by atoms with Crippen LogP contribution in [0.2, 0.25) is 0 Å². The van der Waals surface area contributed by atoms with Crippen LogP contribution >= 0.6 is 0 Å². The van der Waals surface area contributed by atoms with Gasteiger partial charge >= 0.3 is 0 Å². The Balaban J connectivity index is 1.62. The minimum Gasteiger partial charge on any atom is -0.378 e. The predicted molar refractivity (Wildman–Crippen MR) is 59.8 cm³/mol. The Hall–Kier alpha value is -0.610. The SMILES string of the molecule is CCOC1CC(N2C(=O)C3(CC3)NC2C)C1. The Morgan fingerprint density at radius 1 is 1.50 bits per heavy atom. The summed E-state index contributed by atoms with van der Waals surface area (Å²) in [7, 11) is 0. The minimum absolute atomic E-state index is 0.157. The van der Waals surface area contributed by atoms with Crippen LogP contribution in [0.15, 0.2) is 0 Å². The van der Waals surface area contributed by atoms with Gasteiger partial charge in [-0.2, -0.15) is 0 Å². The third-order valence-electron chi connectivity index (χ3n) is 4.16. The van der Waals surface area contributed by atoms with Crippen molar-refractivity contribution in [1.82, 2.24) is 10.2 Å². The quantitative estimate of drug-likeness (QED) is 0.773. The first-order chi connectivity index (χ1) is 7.66.